The van der Waals surface area contributed by atoms with E-state index in [1.807, 2.05) is 0 Å². The van der Waals surface area contributed by atoms with Gasteiger partial charge in [-0.2, -0.15) is 0 Å². The first-order chi connectivity index (χ1) is 8.47. The minimum atomic E-state index is -0.781. The average Bonchev–Trinajstić information content (AvgIpc) is 2.28. The molecule has 7 heteroatoms. The van der Waals surface area contributed by atoms with Crippen molar-refractivity contribution in [3.05, 3.63) is 67.5 Å². The van der Waals surface area contributed by atoms with E-state index >= 15 is 0 Å². The number of nitrogens with one attached hydrogen (secondary N) is 1. The highest BCUT2D eigenvalue weighted by molar-refractivity contribution is 6.29. The predicted molar refractivity (Wildman–Crippen MR) is 61.8 cm³/mol. The number of aromatic nitrogens is 2. The zero-order valence-electron chi connectivity index (χ0n) is 8.91. The van der Waals surface area contributed by atoms with Crippen molar-refractivity contribution in [2.75, 3.05) is 0 Å². The smallest absolute Gasteiger partial charge is 0.298 e. The summed E-state index contributed by atoms with van der Waals surface area (Å²) in [6.07, 6.45) is 0. The number of H-pyrrole nitrogens is 1. The Morgan fingerprint density at radius 3 is 2.61 bits per heavy atom. The Morgan fingerprint density at radius 2 is 1.94 bits per heavy atom. The van der Waals surface area contributed by atoms with Gasteiger partial charge >= 0.3 is 5.69 Å². The van der Waals surface area contributed by atoms with Crippen molar-refractivity contribution >= 4 is 11.6 Å². The van der Waals surface area contributed by atoms with Gasteiger partial charge in [0.15, 0.2) is 0 Å². The molecule has 0 amide bonds. The minimum Gasteiger partial charge on any atom is -0.298 e. The third-order valence-electron chi connectivity index (χ3n) is 2.32. The Morgan fingerprint density at radius 1 is 1.22 bits per heavy atom. The highest BCUT2D eigenvalue weighted by atomic mass is 35.5. The summed E-state index contributed by atoms with van der Waals surface area (Å²) >= 11 is 5.48. The highest BCUT2D eigenvalue weighted by Crippen LogP contribution is 2.10. The van der Waals surface area contributed by atoms with E-state index in [1.54, 1.807) is 0 Å². The van der Waals surface area contributed by atoms with Gasteiger partial charge in [-0.05, 0) is 18.2 Å². The van der Waals surface area contributed by atoms with Crippen LogP contribution in [0, 0.1) is 11.6 Å². The second-order valence-electron chi connectivity index (χ2n) is 3.58. The molecule has 0 unspecified atom stereocenters. The summed E-state index contributed by atoms with van der Waals surface area (Å²) < 4.78 is 27.1. The van der Waals surface area contributed by atoms with Crippen LogP contribution in [0.4, 0.5) is 8.78 Å². The number of benzene rings is 1. The van der Waals surface area contributed by atoms with Crippen molar-refractivity contribution in [1.29, 1.82) is 0 Å². The van der Waals surface area contributed by atoms with Crippen LogP contribution in [-0.2, 0) is 6.54 Å². The van der Waals surface area contributed by atoms with E-state index in [0.29, 0.717) is 0 Å². The Bertz CT molecular complexity index is 678. The second-order valence-corrected chi connectivity index (χ2v) is 3.99. The number of hydrogen-bond donors (Lipinski definition) is 1. The summed E-state index contributed by atoms with van der Waals surface area (Å²) in [5.74, 6) is -1.34. The van der Waals surface area contributed by atoms with Gasteiger partial charge in [0.2, 0.25) is 0 Å². The lowest BCUT2D eigenvalue weighted by Crippen LogP contribution is -2.35. The maximum absolute atomic E-state index is 13.4. The topological polar surface area (TPSA) is 54.9 Å². The first-order valence-electron chi connectivity index (χ1n) is 4.91. The van der Waals surface area contributed by atoms with Crippen LogP contribution in [-0.4, -0.2) is 9.55 Å². The Hall–Kier alpha value is -1.95. The first-order valence-corrected chi connectivity index (χ1v) is 5.29. The molecule has 0 aliphatic heterocycles. The molecule has 0 spiro atoms. The highest BCUT2D eigenvalue weighted by Gasteiger charge is 2.09. The van der Waals surface area contributed by atoms with Crippen LogP contribution < -0.4 is 11.2 Å². The molecule has 4 nitrogen and oxygen atoms in total. The summed E-state index contributed by atoms with van der Waals surface area (Å²) in [5.41, 5.74) is -1.56. The molecule has 1 aromatic carbocycles. The van der Waals surface area contributed by atoms with Gasteiger partial charge in [-0.1, -0.05) is 11.6 Å². The summed E-state index contributed by atoms with van der Waals surface area (Å²) in [5, 5.41) is -0.110. The zero-order valence-corrected chi connectivity index (χ0v) is 9.67. The molecule has 2 rings (SSSR count). The second kappa shape index (κ2) is 4.73. The third-order valence-corrected chi connectivity index (χ3v) is 2.53. The lowest BCUT2D eigenvalue weighted by Gasteiger charge is -2.05. The number of halogens is 3. The predicted octanol–water partition coefficient (Wildman–Crippen LogP) is 1.52. The van der Waals surface area contributed by atoms with E-state index in [-0.39, 0.29) is 17.3 Å². The molecule has 1 heterocycles. The molecular weight excluding hydrogens is 266 g/mol. The molecule has 1 aromatic heterocycles. The Kier molecular flexibility index (Phi) is 3.29. The number of hydrogen-bond acceptors (Lipinski definition) is 2. The molecule has 0 radical (unpaired) electrons. The van der Waals surface area contributed by atoms with Crippen LogP contribution >= 0.6 is 11.6 Å². The molecule has 1 N–H and O–H groups in total. The van der Waals surface area contributed by atoms with Crippen molar-refractivity contribution in [3.8, 4) is 0 Å². The van der Waals surface area contributed by atoms with Crippen LogP contribution in [0.3, 0.4) is 0 Å². The number of nitrogens with zero attached hydrogens (tertiary/aromatic N) is 1. The Balaban J connectivity index is 2.50. The van der Waals surface area contributed by atoms with E-state index in [9.17, 15) is 18.4 Å². The molecule has 0 atom stereocenters. The van der Waals surface area contributed by atoms with Gasteiger partial charge in [-0.15, -0.1) is 0 Å². The molecule has 0 bridgehead atoms. The normalized spacial score (nSPS) is 10.6. The van der Waals surface area contributed by atoms with E-state index in [4.69, 9.17) is 11.6 Å². The zero-order chi connectivity index (χ0) is 13.3. The fourth-order valence-corrected chi connectivity index (χ4v) is 1.65. The Labute approximate surface area is 104 Å². The van der Waals surface area contributed by atoms with Gasteiger partial charge in [-0.3, -0.25) is 14.3 Å². The lowest BCUT2D eigenvalue weighted by molar-refractivity contribution is 0.569. The number of aromatic amines is 1. The largest absolute Gasteiger partial charge is 0.329 e. The molecule has 18 heavy (non-hydrogen) atoms. The van der Waals surface area contributed by atoms with Crippen LogP contribution in [0.15, 0.2) is 33.9 Å². The van der Waals surface area contributed by atoms with Crippen LogP contribution in [0.25, 0.3) is 0 Å². The van der Waals surface area contributed by atoms with E-state index in [0.717, 1.165) is 28.8 Å². The van der Waals surface area contributed by atoms with Gasteiger partial charge < -0.3 is 0 Å². The minimum absolute atomic E-state index is 0.0927. The summed E-state index contributed by atoms with van der Waals surface area (Å²) in [6, 6.07) is 3.80. The van der Waals surface area contributed by atoms with Crippen LogP contribution in [0.5, 0.6) is 0 Å². The number of rotatable bonds is 2. The molecule has 0 aliphatic carbocycles. The fourth-order valence-electron chi connectivity index (χ4n) is 1.48. The maximum atomic E-state index is 13.4. The standard InChI is InChI=1S/C11H7ClF2N2O2/c12-9-4-10(17)16(11(18)15-9)5-6-3-7(13)1-2-8(6)14/h1-4H,5H2,(H,15,18). The van der Waals surface area contributed by atoms with Crippen molar-refractivity contribution < 1.29 is 8.78 Å². The van der Waals surface area contributed by atoms with Gasteiger partial charge in [0.25, 0.3) is 5.56 Å². The van der Waals surface area contributed by atoms with Crippen LogP contribution in [0.2, 0.25) is 5.15 Å². The van der Waals surface area contributed by atoms with E-state index in [1.165, 1.54) is 0 Å². The molecule has 2 aromatic rings. The molecule has 0 saturated heterocycles. The van der Waals surface area contributed by atoms with Crippen molar-refractivity contribution in [3.63, 3.8) is 0 Å². The maximum Gasteiger partial charge on any atom is 0.329 e. The molecule has 0 aliphatic rings. The van der Waals surface area contributed by atoms with Crippen molar-refractivity contribution in [2.45, 2.75) is 6.54 Å². The van der Waals surface area contributed by atoms with Gasteiger partial charge in [0, 0.05) is 11.6 Å². The molecule has 0 saturated carbocycles. The van der Waals surface area contributed by atoms with E-state index in [2.05, 4.69) is 4.98 Å². The third kappa shape index (κ3) is 2.48. The molecule has 94 valence electrons. The first kappa shape index (κ1) is 12.5. The summed E-state index contributed by atoms with van der Waals surface area (Å²) in [6.45, 7) is -0.366. The van der Waals surface area contributed by atoms with Crippen molar-refractivity contribution in [2.24, 2.45) is 0 Å². The van der Waals surface area contributed by atoms with Gasteiger partial charge in [-0.25, -0.2) is 13.6 Å². The fraction of sp³-hybridized carbons (Fsp3) is 0.0909. The van der Waals surface area contributed by atoms with Gasteiger partial charge in [0.1, 0.15) is 16.8 Å². The molecular formula is C11H7ClF2N2O2. The lowest BCUT2D eigenvalue weighted by atomic mass is 10.2. The quantitative estimate of drug-likeness (QED) is 0.843. The summed E-state index contributed by atoms with van der Waals surface area (Å²) in [4.78, 5) is 25.2. The SMILES string of the molecule is O=c1cc(Cl)[nH]c(=O)n1Cc1cc(F)ccc1F. The van der Waals surface area contributed by atoms with Crippen molar-refractivity contribution in [1.82, 2.24) is 9.55 Å². The van der Waals surface area contributed by atoms with Gasteiger partial charge in [0.05, 0.1) is 6.54 Å². The van der Waals surface area contributed by atoms with Crippen LogP contribution in [0.1, 0.15) is 5.56 Å². The average molecular weight is 273 g/mol. The monoisotopic (exact) mass is 272 g/mol. The molecule has 0 fully saturated rings. The summed E-state index contributed by atoms with van der Waals surface area (Å²) in [7, 11) is 0. The van der Waals surface area contributed by atoms with E-state index < -0.39 is 22.9 Å².